The quantitative estimate of drug-likeness (QED) is 0.539. The predicted molar refractivity (Wildman–Crippen MR) is 43.5 cm³/mol. The Morgan fingerprint density at radius 3 is 2.40 bits per heavy atom. The fraction of sp³-hybridized carbons (Fsp3) is 1.00. The van der Waals surface area contributed by atoms with Gasteiger partial charge in [-0.3, -0.25) is 0 Å². The van der Waals surface area contributed by atoms with Gasteiger partial charge in [0.25, 0.3) is 0 Å². The SMILES string of the molecule is CCC1COC(C)(C)C1Cl. The molecule has 0 radical (unpaired) electrons. The Bertz CT molecular complexity index is 122. The number of hydrogen-bond acceptors (Lipinski definition) is 1. The molecule has 60 valence electrons. The first-order valence-corrected chi connectivity index (χ1v) is 4.29. The fourth-order valence-electron chi connectivity index (χ4n) is 1.38. The van der Waals surface area contributed by atoms with E-state index in [9.17, 15) is 0 Å². The lowest BCUT2D eigenvalue weighted by Gasteiger charge is -2.22. The minimum atomic E-state index is -0.109. The van der Waals surface area contributed by atoms with E-state index in [0.29, 0.717) is 5.92 Å². The van der Waals surface area contributed by atoms with E-state index in [2.05, 4.69) is 20.8 Å². The number of halogens is 1. The maximum Gasteiger partial charge on any atom is 0.0793 e. The van der Waals surface area contributed by atoms with Crippen molar-refractivity contribution in [3.05, 3.63) is 0 Å². The van der Waals surface area contributed by atoms with Gasteiger partial charge in [-0.25, -0.2) is 0 Å². The summed E-state index contributed by atoms with van der Waals surface area (Å²) in [6, 6.07) is 0. The molecule has 2 unspecified atom stereocenters. The number of rotatable bonds is 1. The van der Waals surface area contributed by atoms with Crippen molar-refractivity contribution in [2.24, 2.45) is 5.92 Å². The first kappa shape index (κ1) is 8.35. The van der Waals surface area contributed by atoms with E-state index in [1.54, 1.807) is 0 Å². The molecule has 2 heteroatoms. The van der Waals surface area contributed by atoms with Crippen molar-refractivity contribution in [1.82, 2.24) is 0 Å². The van der Waals surface area contributed by atoms with Gasteiger partial charge in [0.2, 0.25) is 0 Å². The summed E-state index contributed by atoms with van der Waals surface area (Å²) in [4.78, 5) is 0. The van der Waals surface area contributed by atoms with E-state index in [-0.39, 0.29) is 11.0 Å². The second-order valence-electron chi connectivity index (χ2n) is 3.48. The van der Waals surface area contributed by atoms with E-state index in [1.165, 1.54) is 0 Å². The van der Waals surface area contributed by atoms with Gasteiger partial charge in [-0.1, -0.05) is 6.92 Å². The van der Waals surface area contributed by atoms with Crippen LogP contribution in [0, 0.1) is 5.92 Å². The summed E-state index contributed by atoms with van der Waals surface area (Å²) in [7, 11) is 0. The first-order valence-electron chi connectivity index (χ1n) is 3.86. The van der Waals surface area contributed by atoms with Crippen molar-refractivity contribution in [1.29, 1.82) is 0 Å². The molecule has 1 fully saturated rings. The molecule has 0 N–H and O–H groups in total. The molecule has 0 aromatic carbocycles. The minimum Gasteiger partial charge on any atom is -0.374 e. The first-order chi connectivity index (χ1) is 4.58. The van der Waals surface area contributed by atoms with Crippen LogP contribution in [0.4, 0.5) is 0 Å². The molecule has 1 aliphatic rings. The predicted octanol–water partition coefficient (Wildman–Crippen LogP) is 2.43. The van der Waals surface area contributed by atoms with Gasteiger partial charge < -0.3 is 4.74 Å². The Morgan fingerprint density at radius 1 is 1.60 bits per heavy atom. The molecule has 0 amide bonds. The molecule has 0 saturated carbocycles. The van der Waals surface area contributed by atoms with Gasteiger partial charge in [-0.15, -0.1) is 11.6 Å². The molecule has 0 bridgehead atoms. The zero-order valence-electron chi connectivity index (χ0n) is 6.86. The van der Waals surface area contributed by atoms with E-state index in [0.717, 1.165) is 13.0 Å². The van der Waals surface area contributed by atoms with Crippen LogP contribution in [0.25, 0.3) is 0 Å². The third-order valence-corrected chi connectivity index (χ3v) is 3.15. The Labute approximate surface area is 67.7 Å². The van der Waals surface area contributed by atoms with Crippen molar-refractivity contribution < 1.29 is 4.74 Å². The zero-order valence-corrected chi connectivity index (χ0v) is 7.61. The summed E-state index contributed by atoms with van der Waals surface area (Å²) < 4.78 is 5.52. The van der Waals surface area contributed by atoms with E-state index < -0.39 is 0 Å². The second-order valence-corrected chi connectivity index (χ2v) is 3.95. The zero-order chi connectivity index (χ0) is 7.78. The number of hydrogen-bond donors (Lipinski definition) is 0. The average Bonchev–Trinajstić information content (AvgIpc) is 2.10. The van der Waals surface area contributed by atoms with E-state index in [1.807, 2.05) is 0 Å². The van der Waals surface area contributed by atoms with Crippen molar-refractivity contribution in [2.75, 3.05) is 6.61 Å². The maximum absolute atomic E-state index is 6.15. The Morgan fingerprint density at radius 2 is 2.20 bits per heavy atom. The van der Waals surface area contributed by atoms with Crippen molar-refractivity contribution >= 4 is 11.6 Å². The van der Waals surface area contributed by atoms with Crippen LogP contribution in [-0.2, 0) is 4.74 Å². The smallest absolute Gasteiger partial charge is 0.0793 e. The highest BCUT2D eigenvalue weighted by Crippen LogP contribution is 2.35. The van der Waals surface area contributed by atoms with Gasteiger partial charge >= 0.3 is 0 Å². The molecule has 0 aromatic rings. The standard InChI is InChI=1S/C8H15ClO/c1-4-6-5-10-8(2,3)7(6)9/h6-7H,4-5H2,1-3H3. The second kappa shape index (κ2) is 2.71. The molecule has 0 aliphatic carbocycles. The molecule has 0 spiro atoms. The summed E-state index contributed by atoms with van der Waals surface area (Å²) in [5.41, 5.74) is -0.109. The highest BCUT2D eigenvalue weighted by Gasteiger charge is 2.40. The summed E-state index contributed by atoms with van der Waals surface area (Å²) >= 11 is 6.15. The number of ether oxygens (including phenoxy) is 1. The molecule has 0 aromatic heterocycles. The van der Waals surface area contributed by atoms with Gasteiger partial charge in [0, 0.05) is 5.92 Å². The van der Waals surface area contributed by atoms with E-state index in [4.69, 9.17) is 16.3 Å². The van der Waals surface area contributed by atoms with Crippen LogP contribution in [0.2, 0.25) is 0 Å². The molecule has 10 heavy (non-hydrogen) atoms. The maximum atomic E-state index is 6.15. The summed E-state index contributed by atoms with van der Waals surface area (Å²) in [5, 5.41) is 0.192. The molecular formula is C8H15ClO. The van der Waals surface area contributed by atoms with Crippen LogP contribution < -0.4 is 0 Å². The third kappa shape index (κ3) is 1.30. The highest BCUT2D eigenvalue weighted by molar-refractivity contribution is 6.21. The molecule has 1 saturated heterocycles. The monoisotopic (exact) mass is 162 g/mol. The molecule has 1 heterocycles. The lowest BCUT2D eigenvalue weighted by atomic mass is 9.95. The fourth-order valence-corrected chi connectivity index (χ4v) is 1.69. The average molecular weight is 163 g/mol. The Hall–Kier alpha value is 0.250. The highest BCUT2D eigenvalue weighted by atomic mass is 35.5. The van der Waals surface area contributed by atoms with Crippen LogP contribution in [0.1, 0.15) is 27.2 Å². The van der Waals surface area contributed by atoms with E-state index >= 15 is 0 Å². The molecule has 2 atom stereocenters. The lowest BCUT2D eigenvalue weighted by molar-refractivity contribution is 0.0365. The van der Waals surface area contributed by atoms with Crippen LogP contribution >= 0.6 is 11.6 Å². The topological polar surface area (TPSA) is 9.23 Å². The van der Waals surface area contributed by atoms with Crippen LogP contribution in [-0.4, -0.2) is 17.6 Å². The Kier molecular flexibility index (Phi) is 2.26. The summed E-state index contributed by atoms with van der Waals surface area (Å²) in [6.07, 6.45) is 1.12. The molecule has 1 nitrogen and oxygen atoms in total. The van der Waals surface area contributed by atoms with Gasteiger partial charge in [0.15, 0.2) is 0 Å². The van der Waals surface area contributed by atoms with Crippen LogP contribution in [0.5, 0.6) is 0 Å². The van der Waals surface area contributed by atoms with Crippen molar-refractivity contribution in [3.63, 3.8) is 0 Å². The van der Waals surface area contributed by atoms with Gasteiger partial charge in [-0.2, -0.15) is 0 Å². The molecule has 1 aliphatic heterocycles. The van der Waals surface area contributed by atoms with Gasteiger partial charge in [-0.05, 0) is 20.3 Å². The van der Waals surface area contributed by atoms with Crippen molar-refractivity contribution in [3.8, 4) is 0 Å². The number of alkyl halides is 1. The normalized spacial score (nSPS) is 38.4. The van der Waals surface area contributed by atoms with Crippen molar-refractivity contribution in [2.45, 2.75) is 38.2 Å². The Balaban J connectivity index is 2.58. The van der Waals surface area contributed by atoms with Crippen LogP contribution in [0.15, 0.2) is 0 Å². The molecule has 1 rings (SSSR count). The minimum absolute atomic E-state index is 0.109. The largest absolute Gasteiger partial charge is 0.374 e. The third-order valence-electron chi connectivity index (χ3n) is 2.27. The van der Waals surface area contributed by atoms with Gasteiger partial charge in [0.1, 0.15) is 0 Å². The lowest BCUT2D eigenvalue weighted by Crippen LogP contribution is -2.30. The summed E-state index contributed by atoms with van der Waals surface area (Å²) in [5.74, 6) is 0.552. The van der Waals surface area contributed by atoms with Crippen LogP contribution in [0.3, 0.4) is 0 Å². The van der Waals surface area contributed by atoms with Gasteiger partial charge in [0.05, 0.1) is 17.6 Å². The molecular weight excluding hydrogens is 148 g/mol. The summed E-state index contributed by atoms with van der Waals surface area (Å²) in [6.45, 7) is 7.10.